The standard InChI is InChI=1S/C13H22N2O3S2/c1-5-15(9-11(2)3)12(16)10-14(4)20(17,18)13-7-6-8-19-13/h6-8,11H,5,9-10H2,1-4H3. The first-order chi connectivity index (χ1) is 9.28. The third kappa shape index (κ3) is 4.29. The molecule has 0 saturated carbocycles. The number of hydrogen-bond donors (Lipinski definition) is 0. The van der Waals surface area contributed by atoms with Gasteiger partial charge in [-0.3, -0.25) is 4.79 Å². The number of sulfonamides is 1. The number of carbonyl (C=O) groups is 1. The van der Waals surface area contributed by atoms with Crippen molar-refractivity contribution in [1.29, 1.82) is 0 Å². The second-order valence-corrected chi connectivity index (χ2v) is 8.24. The third-order valence-corrected chi connectivity index (χ3v) is 6.01. The summed E-state index contributed by atoms with van der Waals surface area (Å²) >= 11 is 1.16. The van der Waals surface area contributed by atoms with Crippen molar-refractivity contribution in [2.75, 3.05) is 26.7 Å². The number of thiophene rings is 1. The lowest BCUT2D eigenvalue weighted by Crippen LogP contribution is -2.42. The molecule has 7 heteroatoms. The Hall–Kier alpha value is -0.920. The molecule has 0 aliphatic carbocycles. The highest BCUT2D eigenvalue weighted by atomic mass is 32.2. The van der Waals surface area contributed by atoms with E-state index in [0.29, 0.717) is 19.0 Å². The zero-order valence-electron chi connectivity index (χ0n) is 12.4. The Labute approximate surface area is 125 Å². The second kappa shape index (κ2) is 7.19. The lowest BCUT2D eigenvalue weighted by molar-refractivity contribution is -0.131. The summed E-state index contributed by atoms with van der Waals surface area (Å²) in [7, 11) is -2.12. The van der Waals surface area contributed by atoms with E-state index in [2.05, 4.69) is 0 Å². The van der Waals surface area contributed by atoms with E-state index in [1.54, 1.807) is 22.4 Å². The molecule has 1 aromatic rings. The first-order valence-electron chi connectivity index (χ1n) is 6.56. The van der Waals surface area contributed by atoms with Gasteiger partial charge in [-0.15, -0.1) is 11.3 Å². The van der Waals surface area contributed by atoms with Gasteiger partial charge in [-0.2, -0.15) is 4.31 Å². The summed E-state index contributed by atoms with van der Waals surface area (Å²) in [4.78, 5) is 13.8. The SMILES string of the molecule is CCN(CC(C)C)C(=O)CN(C)S(=O)(=O)c1cccs1. The summed E-state index contributed by atoms with van der Waals surface area (Å²) in [5.41, 5.74) is 0. The highest BCUT2D eigenvalue weighted by Crippen LogP contribution is 2.19. The fourth-order valence-electron chi connectivity index (χ4n) is 1.79. The van der Waals surface area contributed by atoms with Crippen LogP contribution in [0, 0.1) is 5.92 Å². The number of hydrogen-bond acceptors (Lipinski definition) is 4. The van der Waals surface area contributed by atoms with Gasteiger partial charge in [0.15, 0.2) is 0 Å². The maximum atomic E-state index is 12.2. The largest absolute Gasteiger partial charge is 0.342 e. The molecule has 1 aromatic heterocycles. The third-order valence-electron chi connectivity index (χ3n) is 2.84. The molecule has 0 unspecified atom stereocenters. The Morgan fingerprint density at radius 2 is 2.05 bits per heavy atom. The molecular weight excluding hydrogens is 296 g/mol. The topological polar surface area (TPSA) is 57.7 Å². The fourth-order valence-corrected chi connectivity index (χ4v) is 4.11. The molecular formula is C13H22N2O3S2. The maximum absolute atomic E-state index is 12.2. The predicted octanol–water partition coefficient (Wildman–Crippen LogP) is 1.87. The molecule has 1 rings (SSSR count). The van der Waals surface area contributed by atoms with Crippen molar-refractivity contribution in [3.8, 4) is 0 Å². The van der Waals surface area contributed by atoms with Crippen molar-refractivity contribution in [3.05, 3.63) is 17.5 Å². The monoisotopic (exact) mass is 318 g/mol. The van der Waals surface area contributed by atoms with E-state index >= 15 is 0 Å². The van der Waals surface area contributed by atoms with E-state index in [-0.39, 0.29) is 16.7 Å². The summed E-state index contributed by atoms with van der Waals surface area (Å²) in [5.74, 6) is 0.196. The van der Waals surface area contributed by atoms with Crippen molar-refractivity contribution in [3.63, 3.8) is 0 Å². The Morgan fingerprint density at radius 3 is 2.50 bits per heavy atom. The minimum atomic E-state index is -3.56. The smallest absolute Gasteiger partial charge is 0.252 e. The van der Waals surface area contributed by atoms with Crippen molar-refractivity contribution < 1.29 is 13.2 Å². The minimum Gasteiger partial charge on any atom is -0.342 e. The molecule has 0 spiro atoms. The van der Waals surface area contributed by atoms with Crippen molar-refractivity contribution in [1.82, 2.24) is 9.21 Å². The molecule has 20 heavy (non-hydrogen) atoms. The van der Waals surface area contributed by atoms with Crippen LogP contribution in [-0.4, -0.2) is 50.2 Å². The molecule has 0 aliphatic rings. The van der Waals surface area contributed by atoms with Crippen LogP contribution in [0.3, 0.4) is 0 Å². The Kier molecular flexibility index (Phi) is 6.16. The van der Waals surface area contributed by atoms with E-state index in [4.69, 9.17) is 0 Å². The van der Waals surface area contributed by atoms with Gasteiger partial charge < -0.3 is 4.90 Å². The van der Waals surface area contributed by atoms with E-state index in [0.717, 1.165) is 15.6 Å². The average Bonchev–Trinajstić information content (AvgIpc) is 2.89. The molecule has 0 fully saturated rings. The van der Waals surface area contributed by atoms with Crippen molar-refractivity contribution >= 4 is 27.3 Å². The predicted molar refractivity (Wildman–Crippen MR) is 81.2 cm³/mol. The van der Waals surface area contributed by atoms with Crippen LogP contribution < -0.4 is 0 Å². The molecule has 0 saturated heterocycles. The minimum absolute atomic E-state index is 0.124. The van der Waals surface area contributed by atoms with Crippen molar-refractivity contribution in [2.45, 2.75) is 25.0 Å². The van der Waals surface area contributed by atoms with Gasteiger partial charge in [0, 0.05) is 20.1 Å². The number of likely N-dealkylation sites (N-methyl/N-ethyl adjacent to an activating group) is 2. The highest BCUT2D eigenvalue weighted by molar-refractivity contribution is 7.91. The lowest BCUT2D eigenvalue weighted by atomic mass is 10.2. The summed E-state index contributed by atoms with van der Waals surface area (Å²) in [6.07, 6.45) is 0. The molecule has 114 valence electrons. The number of rotatable bonds is 7. The van der Waals surface area contributed by atoms with Crippen LogP contribution in [0.4, 0.5) is 0 Å². The van der Waals surface area contributed by atoms with E-state index in [1.165, 1.54) is 7.05 Å². The Bertz CT molecular complexity index is 524. The molecule has 5 nitrogen and oxygen atoms in total. The number of carbonyl (C=O) groups excluding carboxylic acids is 1. The first kappa shape index (κ1) is 17.1. The second-order valence-electron chi connectivity index (χ2n) is 5.02. The van der Waals surface area contributed by atoms with Crippen LogP contribution in [0.5, 0.6) is 0 Å². The summed E-state index contributed by atoms with van der Waals surface area (Å²) < 4.78 is 25.8. The molecule has 1 heterocycles. The molecule has 1 amide bonds. The van der Waals surface area contributed by atoms with Gasteiger partial charge in [0.2, 0.25) is 5.91 Å². The maximum Gasteiger partial charge on any atom is 0.252 e. The molecule has 0 atom stereocenters. The van der Waals surface area contributed by atoms with E-state index in [1.807, 2.05) is 20.8 Å². The van der Waals surface area contributed by atoms with E-state index in [9.17, 15) is 13.2 Å². The van der Waals surface area contributed by atoms with Gasteiger partial charge in [0.05, 0.1) is 6.54 Å². The first-order valence-corrected chi connectivity index (χ1v) is 8.88. The van der Waals surface area contributed by atoms with Gasteiger partial charge in [0.25, 0.3) is 10.0 Å². The number of amides is 1. The van der Waals surface area contributed by atoms with Gasteiger partial charge in [-0.25, -0.2) is 8.42 Å². The van der Waals surface area contributed by atoms with Gasteiger partial charge in [-0.05, 0) is 24.3 Å². The molecule has 0 N–H and O–H groups in total. The van der Waals surface area contributed by atoms with Gasteiger partial charge in [-0.1, -0.05) is 19.9 Å². The zero-order chi connectivity index (χ0) is 15.3. The average molecular weight is 318 g/mol. The summed E-state index contributed by atoms with van der Waals surface area (Å²) in [6, 6.07) is 3.23. The molecule has 0 aliphatic heterocycles. The van der Waals surface area contributed by atoms with Crippen LogP contribution in [0.1, 0.15) is 20.8 Å². The molecule has 0 bridgehead atoms. The number of nitrogens with zero attached hydrogens (tertiary/aromatic N) is 2. The van der Waals surface area contributed by atoms with Crippen LogP contribution in [0.15, 0.2) is 21.7 Å². The molecule has 0 radical (unpaired) electrons. The van der Waals surface area contributed by atoms with Gasteiger partial charge in [0.1, 0.15) is 4.21 Å². The van der Waals surface area contributed by atoms with Crippen LogP contribution in [0.2, 0.25) is 0 Å². The van der Waals surface area contributed by atoms with Gasteiger partial charge >= 0.3 is 0 Å². The lowest BCUT2D eigenvalue weighted by Gasteiger charge is -2.25. The Balaban J connectivity index is 2.75. The quantitative estimate of drug-likeness (QED) is 0.771. The molecule has 0 aromatic carbocycles. The normalized spacial score (nSPS) is 12.1. The zero-order valence-corrected chi connectivity index (χ0v) is 14.0. The highest BCUT2D eigenvalue weighted by Gasteiger charge is 2.25. The van der Waals surface area contributed by atoms with Crippen LogP contribution >= 0.6 is 11.3 Å². The summed E-state index contributed by atoms with van der Waals surface area (Å²) in [5, 5.41) is 1.71. The fraction of sp³-hybridized carbons (Fsp3) is 0.615. The summed E-state index contributed by atoms with van der Waals surface area (Å²) in [6.45, 7) is 7.06. The van der Waals surface area contributed by atoms with Crippen LogP contribution in [0.25, 0.3) is 0 Å². The van der Waals surface area contributed by atoms with Crippen molar-refractivity contribution in [2.24, 2.45) is 5.92 Å². The van der Waals surface area contributed by atoms with Crippen LogP contribution in [-0.2, 0) is 14.8 Å². The van der Waals surface area contributed by atoms with E-state index < -0.39 is 10.0 Å². The Morgan fingerprint density at radius 1 is 1.40 bits per heavy atom.